The molecule has 2 amide bonds. The summed E-state index contributed by atoms with van der Waals surface area (Å²) < 4.78 is 5.16. The Bertz CT molecular complexity index is 669. The maximum atomic E-state index is 12.0. The first-order valence-corrected chi connectivity index (χ1v) is 9.27. The number of guanidine groups is 1. The van der Waals surface area contributed by atoms with Gasteiger partial charge in [-0.05, 0) is 38.0 Å². The largest absolute Gasteiger partial charge is 0.497 e. The highest BCUT2D eigenvalue weighted by Gasteiger charge is 2.26. The van der Waals surface area contributed by atoms with E-state index in [1.807, 2.05) is 38.1 Å². The second-order valence-corrected chi connectivity index (χ2v) is 7.29. The van der Waals surface area contributed by atoms with Crippen LogP contribution in [-0.2, 0) is 16.0 Å². The van der Waals surface area contributed by atoms with Gasteiger partial charge in [0.2, 0.25) is 11.8 Å². The standard InChI is InChI=1S/C20H33N5O3/c1-20(2,18(27)21-3)14-24-19(23-13-17(26)25(4)5)22-12-11-15-7-9-16(28-6)10-8-15/h7-10H,11-14H2,1-6H3,(H,21,27)(H2,22,23,24). The summed E-state index contributed by atoms with van der Waals surface area (Å²) in [6, 6.07) is 7.86. The number of methoxy groups -OCH3 is 1. The lowest BCUT2D eigenvalue weighted by molar-refractivity contribution is -0.128. The molecule has 0 fully saturated rings. The Morgan fingerprint density at radius 1 is 1.14 bits per heavy atom. The highest BCUT2D eigenvalue weighted by Crippen LogP contribution is 2.13. The molecule has 0 atom stereocenters. The van der Waals surface area contributed by atoms with Crippen molar-refractivity contribution in [3.8, 4) is 5.75 Å². The summed E-state index contributed by atoms with van der Waals surface area (Å²) in [4.78, 5) is 29.7. The molecule has 0 aliphatic rings. The molecule has 0 saturated carbocycles. The number of nitrogens with zero attached hydrogens (tertiary/aromatic N) is 2. The van der Waals surface area contributed by atoms with E-state index in [0.29, 0.717) is 19.0 Å². The summed E-state index contributed by atoms with van der Waals surface area (Å²) in [6.45, 7) is 4.74. The Morgan fingerprint density at radius 3 is 2.32 bits per heavy atom. The number of aliphatic imine (C=N–C) groups is 1. The van der Waals surface area contributed by atoms with E-state index < -0.39 is 5.41 Å². The third kappa shape index (κ3) is 7.85. The lowest BCUT2D eigenvalue weighted by Gasteiger charge is -2.24. The second-order valence-electron chi connectivity index (χ2n) is 7.29. The van der Waals surface area contributed by atoms with Gasteiger partial charge in [-0.2, -0.15) is 0 Å². The molecule has 8 nitrogen and oxygen atoms in total. The predicted molar refractivity (Wildman–Crippen MR) is 112 cm³/mol. The monoisotopic (exact) mass is 391 g/mol. The number of amides is 2. The lowest BCUT2D eigenvalue weighted by atomic mass is 9.92. The Kier molecular flexibility index (Phi) is 9.27. The fourth-order valence-electron chi connectivity index (χ4n) is 2.30. The fraction of sp³-hybridized carbons (Fsp3) is 0.550. The van der Waals surface area contributed by atoms with Crippen molar-refractivity contribution < 1.29 is 14.3 Å². The summed E-state index contributed by atoms with van der Waals surface area (Å²) in [5, 5.41) is 9.05. The van der Waals surface area contributed by atoms with Crippen LogP contribution in [0.5, 0.6) is 5.75 Å². The molecule has 0 unspecified atom stereocenters. The molecule has 8 heteroatoms. The van der Waals surface area contributed by atoms with Gasteiger partial charge in [-0.3, -0.25) is 9.59 Å². The number of hydrogen-bond donors (Lipinski definition) is 3. The Balaban J connectivity index is 2.69. The van der Waals surface area contributed by atoms with Gasteiger partial charge in [-0.25, -0.2) is 4.99 Å². The van der Waals surface area contributed by atoms with E-state index in [9.17, 15) is 9.59 Å². The summed E-state index contributed by atoms with van der Waals surface area (Å²) in [5.41, 5.74) is 0.543. The molecule has 1 aromatic rings. The molecule has 28 heavy (non-hydrogen) atoms. The first-order valence-electron chi connectivity index (χ1n) is 9.27. The van der Waals surface area contributed by atoms with E-state index in [-0.39, 0.29) is 18.4 Å². The minimum Gasteiger partial charge on any atom is -0.497 e. The van der Waals surface area contributed by atoms with Gasteiger partial charge in [0.25, 0.3) is 0 Å². The van der Waals surface area contributed by atoms with Gasteiger partial charge in [-0.1, -0.05) is 12.1 Å². The van der Waals surface area contributed by atoms with Crippen LogP contribution < -0.4 is 20.7 Å². The zero-order valence-electron chi connectivity index (χ0n) is 17.8. The number of benzene rings is 1. The second kappa shape index (κ2) is 11.2. The number of nitrogens with one attached hydrogen (secondary N) is 3. The van der Waals surface area contributed by atoms with E-state index in [0.717, 1.165) is 17.7 Å². The highest BCUT2D eigenvalue weighted by molar-refractivity contribution is 5.86. The van der Waals surface area contributed by atoms with Gasteiger partial charge >= 0.3 is 0 Å². The molecule has 0 radical (unpaired) electrons. The lowest BCUT2D eigenvalue weighted by Crippen LogP contribution is -2.47. The van der Waals surface area contributed by atoms with Crippen molar-refractivity contribution in [2.45, 2.75) is 20.3 Å². The van der Waals surface area contributed by atoms with Crippen LogP contribution in [0.25, 0.3) is 0 Å². The van der Waals surface area contributed by atoms with Crippen LogP contribution in [0, 0.1) is 5.41 Å². The van der Waals surface area contributed by atoms with Gasteiger partial charge < -0.3 is 25.6 Å². The van der Waals surface area contributed by atoms with E-state index in [4.69, 9.17) is 4.74 Å². The maximum absolute atomic E-state index is 12.0. The minimum atomic E-state index is -0.612. The molecule has 0 saturated heterocycles. The smallest absolute Gasteiger partial charge is 0.243 e. The summed E-state index contributed by atoms with van der Waals surface area (Å²) in [6.07, 6.45) is 0.783. The topological polar surface area (TPSA) is 95.1 Å². The summed E-state index contributed by atoms with van der Waals surface area (Å²) in [7, 11) is 6.63. The van der Waals surface area contributed by atoms with Crippen LogP contribution in [-0.4, -0.2) is 70.6 Å². The van der Waals surface area contributed by atoms with Crippen molar-refractivity contribution in [3.05, 3.63) is 29.8 Å². The summed E-state index contributed by atoms with van der Waals surface area (Å²) in [5.74, 6) is 1.16. The number of carbonyl (C=O) groups excluding carboxylic acids is 2. The molecule has 0 spiro atoms. The molecular weight excluding hydrogens is 358 g/mol. The molecule has 0 heterocycles. The van der Waals surface area contributed by atoms with Gasteiger partial charge in [0.05, 0.1) is 12.5 Å². The summed E-state index contributed by atoms with van der Waals surface area (Å²) >= 11 is 0. The first kappa shape index (κ1) is 23.3. The van der Waals surface area contributed by atoms with Crippen LogP contribution >= 0.6 is 0 Å². The molecule has 0 aromatic heterocycles. The zero-order chi connectivity index (χ0) is 21.2. The third-order valence-electron chi connectivity index (χ3n) is 4.28. The highest BCUT2D eigenvalue weighted by atomic mass is 16.5. The molecule has 0 aliphatic heterocycles. The van der Waals surface area contributed by atoms with Crippen molar-refractivity contribution in [1.29, 1.82) is 0 Å². The Hall–Kier alpha value is -2.77. The van der Waals surface area contributed by atoms with Crippen LogP contribution in [0.2, 0.25) is 0 Å². The number of ether oxygens (including phenoxy) is 1. The van der Waals surface area contributed by atoms with Crippen molar-refractivity contribution in [2.75, 3.05) is 47.9 Å². The van der Waals surface area contributed by atoms with Crippen LogP contribution in [0.3, 0.4) is 0 Å². The fourth-order valence-corrected chi connectivity index (χ4v) is 2.30. The minimum absolute atomic E-state index is 0.0330. The normalized spacial score (nSPS) is 11.6. The number of carbonyl (C=O) groups is 2. The SMILES string of the molecule is CNC(=O)C(C)(C)CNC(=NCC(=O)N(C)C)NCCc1ccc(OC)cc1. The van der Waals surface area contributed by atoms with E-state index in [1.54, 1.807) is 28.3 Å². The molecule has 156 valence electrons. The van der Waals surface area contributed by atoms with Crippen molar-refractivity contribution in [1.82, 2.24) is 20.9 Å². The third-order valence-corrected chi connectivity index (χ3v) is 4.28. The molecule has 3 N–H and O–H groups in total. The maximum Gasteiger partial charge on any atom is 0.243 e. The van der Waals surface area contributed by atoms with Gasteiger partial charge in [0.15, 0.2) is 5.96 Å². The van der Waals surface area contributed by atoms with Crippen molar-refractivity contribution in [3.63, 3.8) is 0 Å². The number of hydrogen-bond acceptors (Lipinski definition) is 4. The molecule has 1 aromatic carbocycles. The van der Waals surface area contributed by atoms with Crippen LogP contribution in [0.4, 0.5) is 0 Å². The Labute approximate surface area is 167 Å². The zero-order valence-corrected chi connectivity index (χ0v) is 17.8. The average Bonchev–Trinajstić information content (AvgIpc) is 2.68. The van der Waals surface area contributed by atoms with E-state index in [1.165, 1.54) is 4.90 Å². The quantitative estimate of drug-likeness (QED) is 0.424. The van der Waals surface area contributed by atoms with Gasteiger partial charge in [0, 0.05) is 34.2 Å². The molecule has 1 rings (SSSR count). The predicted octanol–water partition coefficient (Wildman–Crippen LogP) is 0.633. The van der Waals surface area contributed by atoms with E-state index >= 15 is 0 Å². The molecular formula is C20H33N5O3. The van der Waals surface area contributed by atoms with Crippen LogP contribution in [0.15, 0.2) is 29.3 Å². The van der Waals surface area contributed by atoms with Crippen LogP contribution in [0.1, 0.15) is 19.4 Å². The Morgan fingerprint density at radius 2 is 1.79 bits per heavy atom. The average molecular weight is 392 g/mol. The molecule has 0 bridgehead atoms. The van der Waals surface area contributed by atoms with Gasteiger partial charge in [-0.15, -0.1) is 0 Å². The van der Waals surface area contributed by atoms with Crippen molar-refractivity contribution >= 4 is 17.8 Å². The first-order chi connectivity index (χ1) is 13.2. The van der Waals surface area contributed by atoms with Crippen molar-refractivity contribution in [2.24, 2.45) is 10.4 Å². The number of rotatable bonds is 9. The number of likely N-dealkylation sites (N-methyl/N-ethyl adjacent to an activating group) is 1. The van der Waals surface area contributed by atoms with Gasteiger partial charge in [0.1, 0.15) is 12.3 Å². The molecule has 0 aliphatic carbocycles. The van der Waals surface area contributed by atoms with E-state index in [2.05, 4.69) is 20.9 Å².